The molecule has 3 heteroatoms. The van der Waals surface area contributed by atoms with E-state index in [0.29, 0.717) is 18.4 Å². The summed E-state index contributed by atoms with van der Waals surface area (Å²) >= 11 is 0. The van der Waals surface area contributed by atoms with E-state index in [2.05, 4.69) is 6.92 Å². The molecule has 1 aliphatic carbocycles. The van der Waals surface area contributed by atoms with Crippen molar-refractivity contribution in [3.63, 3.8) is 0 Å². The van der Waals surface area contributed by atoms with E-state index in [-0.39, 0.29) is 0 Å². The first-order valence-electron chi connectivity index (χ1n) is 7.25. The summed E-state index contributed by atoms with van der Waals surface area (Å²) in [6, 6.07) is 0. The Bertz CT molecular complexity index is 212. The van der Waals surface area contributed by atoms with E-state index in [1.54, 1.807) is 0 Å². The molecule has 0 radical (unpaired) electrons. The van der Waals surface area contributed by atoms with Crippen molar-refractivity contribution in [1.29, 1.82) is 0 Å². The number of hydrogen-bond donors (Lipinski definition) is 1. The highest BCUT2D eigenvalue weighted by Crippen LogP contribution is 2.26. The summed E-state index contributed by atoms with van der Waals surface area (Å²) in [6.07, 6.45) is 9.23. The van der Waals surface area contributed by atoms with Gasteiger partial charge in [-0.25, -0.2) is 0 Å². The summed E-state index contributed by atoms with van der Waals surface area (Å²) in [4.78, 5) is 14.2. The van der Waals surface area contributed by atoms with E-state index >= 15 is 0 Å². The number of hydrogen-bond acceptors (Lipinski definition) is 2. The van der Waals surface area contributed by atoms with Crippen LogP contribution in [0.5, 0.6) is 0 Å². The van der Waals surface area contributed by atoms with E-state index in [1.807, 2.05) is 4.90 Å². The lowest BCUT2D eigenvalue weighted by Gasteiger charge is -2.26. The average molecular weight is 240 g/mol. The Balaban J connectivity index is 2.34. The molecular weight excluding hydrogens is 212 g/mol. The second kappa shape index (κ2) is 8.51. The Morgan fingerprint density at radius 3 is 2.53 bits per heavy atom. The Kier molecular flexibility index (Phi) is 7.25. The molecule has 1 saturated carbocycles. The predicted molar refractivity (Wildman–Crippen MR) is 71.7 cm³/mol. The van der Waals surface area contributed by atoms with Crippen LogP contribution >= 0.6 is 0 Å². The van der Waals surface area contributed by atoms with Crippen LogP contribution in [0.3, 0.4) is 0 Å². The minimum absolute atomic E-state index is 0.354. The van der Waals surface area contributed by atoms with Gasteiger partial charge in [-0.1, -0.05) is 26.2 Å². The van der Waals surface area contributed by atoms with Crippen molar-refractivity contribution in [3.05, 3.63) is 0 Å². The molecule has 1 amide bonds. The van der Waals surface area contributed by atoms with Crippen LogP contribution in [0.4, 0.5) is 0 Å². The topological polar surface area (TPSA) is 46.3 Å². The zero-order valence-electron chi connectivity index (χ0n) is 11.3. The molecule has 1 rings (SSSR count). The molecule has 17 heavy (non-hydrogen) atoms. The van der Waals surface area contributed by atoms with Gasteiger partial charge in [0.05, 0.1) is 0 Å². The number of rotatable bonds is 7. The minimum atomic E-state index is 0.354. The van der Waals surface area contributed by atoms with Crippen LogP contribution in [-0.2, 0) is 4.79 Å². The summed E-state index contributed by atoms with van der Waals surface area (Å²) in [5, 5.41) is 0. The molecule has 0 atom stereocenters. The van der Waals surface area contributed by atoms with Gasteiger partial charge < -0.3 is 10.6 Å². The number of nitrogens with two attached hydrogens (primary N) is 1. The third-order valence-electron chi connectivity index (χ3n) is 3.67. The molecule has 1 aliphatic rings. The molecule has 0 aromatic carbocycles. The summed E-state index contributed by atoms with van der Waals surface area (Å²) in [5.41, 5.74) is 5.52. The van der Waals surface area contributed by atoms with Crippen LogP contribution in [-0.4, -0.2) is 30.4 Å². The number of amides is 1. The second-order valence-corrected chi connectivity index (χ2v) is 5.23. The molecule has 0 saturated heterocycles. The molecule has 0 aromatic rings. The standard InChI is InChI=1S/C14H28N2O/c1-2-10-16(11-6-9-15)14(17)12-13-7-4-3-5-8-13/h13H,2-12,15H2,1H3. The monoisotopic (exact) mass is 240 g/mol. The Morgan fingerprint density at radius 1 is 1.24 bits per heavy atom. The highest BCUT2D eigenvalue weighted by Gasteiger charge is 2.20. The van der Waals surface area contributed by atoms with Gasteiger partial charge >= 0.3 is 0 Å². The van der Waals surface area contributed by atoms with Gasteiger partial charge in [0.15, 0.2) is 0 Å². The Hall–Kier alpha value is -0.570. The first-order valence-corrected chi connectivity index (χ1v) is 7.25. The van der Waals surface area contributed by atoms with Crippen LogP contribution in [0.2, 0.25) is 0 Å². The Labute approximate surface area is 106 Å². The van der Waals surface area contributed by atoms with Crippen molar-refractivity contribution >= 4 is 5.91 Å². The van der Waals surface area contributed by atoms with E-state index < -0.39 is 0 Å². The molecule has 3 nitrogen and oxygen atoms in total. The fourth-order valence-electron chi connectivity index (χ4n) is 2.68. The van der Waals surface area contributed by atoms with Crippen molar-refractivity contribution in [1.82, 2.24) is 4.90 Å². The molecular formula is C14H28N2O. The quantitative estimate of drug-likeness (QED) is 0.743. The predicted octanol–water partition coefficient (Wildman–Crippen LogP) is 2.54. The molecule has 0 aromatic heterocycles. The van der Waals surface area contributed by atoms with E-state index in [0.717, 1.165) is 32.4 Å². The maximum atomic E-state index is 12.2. The molecule has 0 aliphatic heterocycles. The molecule has 1 fully saturated rings. The summed E-state index contributed by atoms with van der Waals surface area (Å²) < 4.78 is 0. The number of nitrogens with zero attached hydrogens (tertiary/aromatic N) is 1. The lowest BCUT2D eigenvalue weighted by atomic mass is 9.86. The van der Waals surface area contributed by atoms with Crippen LogP contribution in [0.15, 0.2) is 0 Å². The summed E-state index contributed by atoms with van der Waals surface area (Å²) in [5.74, 6) is 1.00. The van der Waals surface area contributed by atoms with Gasteiger partial charge in [0, 0.05) is 19.5 Å². The zero-order chi connectivity index (χ0) is 12.5. The highest BCUT2D eigenvalue weighted by molar-refractivity contribution is 5.76. The lowest BCUT2D eigenvalue weighted by Crippen LogP contribution is -2.35. The van der Waals surface area contributed by atoms with Crippen molar-refractivity contribution in [2.24, 2.45) is 11.7 Å². The zero-order valence-corrected chi connectivity index (χ0v) is 11.3. The fraction of sp³-hybridized carbons (Fsp3) is 0.929. The van der Waals surface area contributed by atoms with Gasteiger partial charge in [-0.15, -0.1) is 0 Å². The van der Waals surface area contributed by atoms with E-state index in [4.69, 9.17) is 5.73 Å². The van der Waals surface area contributed by atoms with Gasteiger partial charge in [-0.2, -0.15) is 0 Å². The Morgan fingerprint density at radius 2 is 1.94 bits per heavy atom. The van der Waals surface area contributed by atoms with Gasteiger partial charge in [0.25, 0.3) is 0 Å². The highest BCUT2D eigenvalue weighted by atomic mass is 16.2. The number of carbonyl (C=O) groups is 1. The summed E-state index contributed by atoms with van der Waals surface area (Å²) in [6.45, 7) is 4.54. The SMILES string of the molecule is CCCN(CCCN)C(=O)CC1CCCCC1. The average Bonchev–Trinajstić information content (AvgIpc) is 2.35. The minimum Gasteiger partial charge on any atom is -0.343 e. The van der Waals surface area contributed by atoms with Gasteiger partial charge in [-0.05, 0) is 38.1 Å². The van der Waals surface area contributed by atoms with Gasteiger partial charge in [0.1, 0.15) is 0 Å². The van der Waals surface area contributed by atoms with Crippen molar-refractivity contribution < 1.29 is 4.79 Å². The largest absolute Gasteiger partial charge is 0.343 e. The van der Waals surface area contributed by atoms with E-state index in [9.17, 15) is 4.79 Å². The van der Waals surface area contributed by atoms with E-state index in [1.165, 1.54) is 32.1 Å². The van der Waals surface area contributed by atoms with Crippen molar-refractivity contribution in [2.45, 2.75) is 58.3 Å². The molecule has 0 heterocycles. The second-order valence-electron chi connectivity index (χ2n) is 5.23. The van der Waals surface area contributed by atoms with Crippen LogP contribution in [0, 0.1) is 5.92 Å². The summed E-state index contributed by atoms with van der Waals surface area (Å²) in [7, 11) is 0. The smallest absolute Gasteiger partial charge is 0.222 e. The maximum Gasteiger partial charge on any atom is 0.222 e. The van der Waals surface area contributed by atoms with Crippen LogP contribution in [0.1, 0.15) is 58.3 Å². The van der Waals surface area contributed by atoms with Gasteiger partial charge in [-0.3, -0.25) is 4.79 Å². The normalized spacial score (nSPS) is 17.1. The lowest BCUT2D eigenvalue weighted by molar-refractivity contribution is -0.132. The third-order valence-corrected chi connectivity index (χ3v) is 3.67. The molecule has 0 spiro atoms. The fourth-order valence-corrected chi connectivity index (χ4v) is 2.68. The van der Waals surface area contributed by atoms with Crippen molar-refractivity contribution in [2.75, 3.05) is 19.6 Å². The first kappa shape index (κ1) is 14.5. The molecule has 100 valence electrons. The van der Waals surface area contributed by atoms with Gasteiger partial charge in [0.2, 0.25) is 5.91 Å². The first-order chi connectivity index (χ1) is 8.27. The van der Waals surface area contributed by atoms with Crippen LogP contribution < -0.4 is 5.73 Å². The maximum absolute atomic E-state index is 12.2. The molecule has 2 N–H and O–H groups in total. The molecule has 0 bridgehead atoms. The number of carbonyl (C=O) groups excluding carboxylic acids is 1. The van der Waals surface area contributed by atoms with Crippen LogP contribution in [0.25, 0.3) is 0 Å². The molecule has 0 unspecified atom stereocenters. The third kappa shape index (κ3) is 5.53. The van der Waals surface area contributed by atoms with Crippen molar-refractivity contribution in [3.8, 4) is 0 Å².